The number of piperidine rings is 1. The lowest BCUT2D eigenvalue weighted by atomic mass is 9.95. The summed E-state index contributed by atoms with van der Waals surface area (Å²) in [7, 11) is 3.48. The number of nitrogens with zero attached hydrogens (tertiary/aromatic N) is 2. The van der Waals surface area contributed by atoms with Gasteiger partial charge in [0.1, 0.15) is 0 Å². The van der Waals surface area contributed by atoms with E-state index < -0.39 is 23.2 Å². The van der Waals surface area contributed by atoms with Crippen LogP contribution in [0, 0.1) is 23.2 Å². The molecule has 0 spiro atoms. The fourth-order valence-electron chi connectivity index (χ4n) is 3.47. The zero-order valence-corrected chi connectivity index (χ0v) is 13.1. The van der Waals surface area contributed by atoms with Gasteiger partial charge >= 0.3 is 5.97 Å². The molecule has 1 heterocycles. The zero-order valence-electron chi connectivity index (χ0n) is 13.1. The molecule has 0 radical (unpaired) electrons. The van der Waals surface area contributed by atoms with Crippen molar-refractivity contribution in [3.63, 3.8) is 0 Å². The molecule has 1 saturated carbocycles. The number of likely N-dealkylation sites (tertiary alicyclic amines) is 1. The van der Waals surface area contributed by atoms with E-state index in [9.17, 15) is 14.4 Å². The summed E-state index contributed by atoms with van der Waals surface area (Å²) in [4.78, 5) is 38.9. The molecule has 2 atom stereocenters. The van der Waals surface area contributed by atoms with Crippen LogP contribution in [-0.4, -0.2) is 59.9 Å². The van der Waals surface area contributed by atoms with Crippen LogP contribution in [0.5, 0.6) is 0 Å². The van der Waals surface area contributed by atoms with Crippen molar-refractivity contribution in [2.45, 2.75) is 26.7 Å². The van der Waals surface area contributed by atoms with Crippen molar-refractivity contribution >= 4 is 17.8 Å². The molecule has 0 aromatic rings. The highest BCUT2D eigenvalue weighted by Gasteiger charge is 2.66. The first-order chi connectivity index (χ1) is 9.67. The summed E-state index contributed by atoms with van der Waals surface area (Å²) < 4.78 is 0. The monoisotopic (exact) mass is 296 g/mol. The molecule has 0 aromatic carbocycles. The van der Waals surface area contributed by atoms with Crippen molar-refractivity contribution in [3.8, 4) is 0 Å². The lowest BCUT2D eigenvalue weighted by Crippen LogP contribution is -2.43. The highest BCUT2D eigenvalue weighted by atomic mass is 16.4. The van der Waals surface area contributed by atoms with Gasteiger partial charge in [-0.25, -0.2) is 0 Å². The fourth-order valence-corrected chi connectivity index (χ4v) is 3.47. The smallest absolute Gasteiger partial charge is 0.307 e. The first-order valence-electron chi connectivity index (χ1n) is 7.40. The molecule has 0 aromatic heterocycles. The van der Waals surface area contributed by atoms with E-state index in [1.54, 1.807) is 23.9 Å². The molecule has 2 aliphatic rings. The van der Waals surface area contributed by atoms with Crippen molar-refractivity contribution in [1.82, 2.24) is 9.80 Å². The molecule has 1 N–H and O–H groups in total. The van der Waals surface area contributed by atoms with Gasteiger partial charge < -0.3 is 14.9 Å². The van der Waals surface area contributed by atoms with E-state index in [1.165, 1.54) is 0 Å². The lowest BCUT2D eigenvalue weighted by Gasteiger charge is -2.33. The van der Waals surface area contributed by atoms with Gasteiger partial charge in [0.15, 0.2) is 0 Å². The van der Waals surface area contributed by atoms with E-state index in [0.29, 0.717) is 25.9 Å². The third-order valence-electron chi connectivity index (χ3n) is 4.96. The largest absolute Gasteiger partial charge is 0.481 e. The van der Waals surface area contributed by atoms with Gasteiger partial charge in [0.05, 0.1) is 11.8 Å². The van der Waals surface area contributed by atoms with Crippen LogP contribution < -0.4 is 0 Å². The number of carboxylic acid groups (broad SMARTS) is 1. The Morgan fingerprint density at radius 1 is 1.10 bits per heavy atom. The third-order valence-corrected chi connectivity index (χ3v) is 4.96. The lowest BCUT2D eigenvalue weighted by molar-refractivity contribution is -0.143. The van der Waals surface area contributed by atoms with Crippen molar-refractivity contribution in [2.75, 3.05) is 27.2 Å². The Morgan fingerprint density at radius 2 is 1.62 bits per heavy atom. The van der Waals surface area contributed by atoms with E-state index in [4.69, 9.17) is 5.11 Å². The first kappa shape index (κ1) is 15.8. The molecule has 2 fully saturated rings. The predicted octanol–water partition coefficient (Wildman–Crippen LogP) is 0.670. The number of rotatable bonds is 3. The van der Waals surface area contributed by atoms with Crippen molar-refractivity contribution in [1.29, 1.82) is 0 Å². The van der Waals surface area contributed by atoms with Crippen LogP contribution in [0.3, 0.4) is 0 Å². The topological polar surface area (TPSA) is 77.9 Å². The van der Waals surface area contributed by atoms with Crippen LogP contribution in [0.15, 0.2) is 0 Å². The third kappa shape index (κ3) is 2.76. The van der Waals surface area contributed by atoms with E-state index in [1.807, 2.05) is 13.8 Å². The second-order valence-electron chi connectivity index (χ2n) is 6.95. The van der Waals surface area contributed by atoms with Gasteiger partial charge in [-0.1, -0.05) is 13.8 Å². The van der Waals surface area contributed by atoms with Gasteiger partial charge in [0.25, 0.3) is 0 Å². The Morgan fingerprint density at radius 3 is 2.00 bits per heavy atom. The van der Waals surface area contributed by atoms with Crippen LogP contribution >= 0.6 is 0 Å². The molecule has 1 aliphatic heterocycles. The second kappa shape index (κ2) is 5.31. The Bertz CT molecular complexity index is 464. The molecule has 6 nitrogen and oxygen atoms in total. The summed E-state index contributed by atoms with van der Waals surface area (Å²) >= 11 is 0. The number of amides is 2. The quantitative estimate of drug-likeness (QED) is 0.830. The van der Waals surface area contributed by atoms with Gasteiger partial charge in [0, 0.05) is 33.1 Å². The Balaban J connectivity index is 1.93. The van der Waals surface area contributed by atoms with E-state index in [0.717, 1.165) is 0 Å². The number of carboxylic acids is 1. The summed E-state index contributed by atoms with van der Waals surface area (Å²) in [5.74, 6) is -1.87. The van der Waals surface area contributed by atoms with Crippen molar-refractivity contribution < 1.29 is 19.5 Å². The molecular formula is C15H24N2O4. The Kier molecular flexibility index (Phi) is 4.00. The average molecular weight is 296 g/mol. The molecular weight excluding hydrogens is 272 g/mol. The standard InChI is InChI=1S/C15H24N2O4/c1-15(2)10(11(15)14(20)21)13(19)17-7-5-9(6-8-17)12(18)16(3)4/h9-11H,5-8H2,1-4H3,(H,20,21)/t10-,11+/m1/s1. The molecule has 21 heavy (non-hydrogen) atoms. The predicted molar refractivity (Wildman–Crippen MR) is 76.4 cm³/mol. The SMILES string of the molecule is CN(C)C(=O)C1CCN(C(=O)[C@H]2[C@@H](C(=O)O)C2(C)C)CC1. The minimum atomic E-state index is -0.893. The number of aliphatic carboxylic acids is 1. The molecule has 0 unspecified atom stereocenters. The minimum absolute atomic E-state index is 0.0217. The average Bonchev–Trinajstić information content (AvgIpc) is 3.00. The summed E-state index contributed by atoms with van der Waals surface area (Å²) in [5, 5.41) is 9.16. The van der Waals surface area contributed by atoms with Crippen LogP contribution in [0.2, 0.25) is 0 Å². The fraction of sp³-hybridized carbons (Fsp3) is 0.800. The maximum absolute atomic E-state index is 12.5. The molecule has 6 heteroatoms. The highest BCUT2D eigenvalue weighted by molar-refractivity contribution is 5.91. The van der Waals surface area contributed by atoms with E-state index in [-0.39, 0.29) is 17.7 Å². The Labute approximate surface area is 125 Å². The number of hydrogen-bond donors (Lipinski definition) is 1. The summed E-state index contributed by atoms with van der Waals surface area (Å²) in [6.45, 7) is 4.75. The van der Waals surface area contributed by atoms with Crippen LogP contribution in [-0.2, 0) is 14.4 Å². The van der Waals surface area contributed by atoms with E-state index >= 15 is 0 Å². The summed E-state index contributed by atoms with van der Waals surface area (Å²) in [5.41, 5.74) is -0.459. The minimum Gasteiger partial charge on any atom is -0.481 e. The normalized spacial score (nSPS) is 28.1. The zero-order chi connectivity index (χ0) is 15.9. The highest BCUT2D eigenvalue weighted by Crippen LogP contribution is 2.59. The molecule has 2 amide bonds. The van der Waals surface area contributed by atoms with Crippen molar-refractivity contribution in [3.05, 3.63) is 0 Å². The molecule has 2 rings (SSSR count). The van der Waals surface area contributed by atoms with Gasteiger partial charge in [-0.15, -0.1) is 0 Å². The maximum atomic E-state index is 12.5. The van der Waals surface area contributed by atoms with E-state index in [2.05, 4.69) is 0 Å². The first-order valence-corrected chi connectivity index (χ1v) is 7.40. The van der Waals surface area contributed by atoms with Crippen molar-refractivity contribution in [2.24, 2.45) is 23.2 Å². The maximum Gasteiger partial charge on any atom is 0.307 e. The number of carbonyl (C=O) groups excluding carboxylic acids is 2. The summed E-state index contributed by atoms with van der Waals surface area (Å²) in [6.07, 6.45) is 1.32. The molecule has 118 valence electrons. The van der Waals surface area contributed by atoms with Crippen LogP contribution in [0.25, 0.3) is 0 Å². The Hall–Kier alpha value is -1.59. The van der Waals surface area contributed by atoms with Gasteiger partial charge in [-0.2, -0.15) is 0 Å². The summed E-state index contributed by atoms with van der Waals surface area (Å²) in [6, 6.07) is 0. The second-order valence-corrected chi connectivity index (χ2v) is 6.95. The van der Waals surface area contributed by atoms with Gasteiger partial charge in [-0.3, -0.25) is 14.4 Å². The molecule has 0 bridgehead atoms. The van der Waals surface area contributed by atoms with Crippen LogP contribution in [0.1, 0.15) is 26.7 Å². The number of hydrogen-bond acceptors (Lipinski definition) is 3. The van der Waals surface area contributed by atoms with Crippen LogP contribution in [0.4, 0.5) is 0 Å². The van der Waals surface area contributed by atoms with Gasteiger partial charge in [-0.05, 0) is 18.3 Å². The molecule has 1 saturated heterocycles. The molecule has 1 aliphatic carbocycles. The van der Waals surface area contributed by atoms with Gasteiger partial charge in [0.2, 0.25) is 11.8 Å². The number of carbonyl (C=O) groups is 3.